The van der Waals surface area contributed by atoms with Crippen molar-refractivity contribution >= 4 is 50.7 Å². The van der Waals surface area contributed by atoms with Gasteiger partial charge in [-0.1, -0.05) is 46.3 Å². The fourth-order valence-electron chi connectivity index (χ4n) is 3.31. The van der Waals surface area contributed by atoms with Gasteiger partial charge in [0.05, 0.1) is 25.5 Å². The quantitative estimate of drug-likeness (QED) is 0.385. The molecule has 0 saturated heterocycles. The van der Waals surface area contributed by atoms with Gasteiger partial charge in [-0.05, 0) is 24.1 Å². The highest BCUT2D eigenvalue weighted by molar-refractivity contribution is 9.10. The van der Waals surface area contributed by atoms with Gasteiger partial charge in [0, 0.05) is 28.9 Å². The lowest BCUT2D eigenvalue weighted by Gasteiger charge is -2.13. The molecule has 7 heteroatoms. The number of imide groups is 1. The van der Waals surface area contributed by atoms with Crippen LogP contribution in [0, 0.1) is 0 Å². The minimum Gasteiger partial charge on any atom is -0.495 e. The third-order valence-electron chi connectivity index (χ3n) is 4.69. The number of halogens is 1. The molecule has 6 nitrogen and oxygen atoms in total. The number of ether oxygens (including phenoxy) is 2. The van der Waals surface area contributed by atoms with Crippen LogP contribution in [0.4, 0.5) is 5.69 Å². The fourth-order valence-corrected chi connectivity index (χ4v) is 3.65. The second-order valence-corrected chi connectivity index (χ2v) is 7.42. The van der Waals surface area contributed by atoms with E-state index in [0.717, 1.165) is 14.9 Å². The maximum Gasteiger partial charge on any atom is 0.305 e. The van der Waals surface area contributed by atoms with Gasteiger partial charge in [-0.3, -0.25) is 14.4 Å². The molecule has 29 heavy (non-hydrogen) atoms. The monoisotopic (exact) mass is 457 g/mol. The van der Waals surface area contributed by atoms with E-state index < -0.39 is 5.91 Å². The number of anilines is 1. The lowest BCUT2D eigenvalue weighted by Crippen LogP contribution is -2.31. The van der Waals surface area contributed by atoms with Crippen LogP contribution in [0.15, 0.2) is 46.9 Å². The second-order valence-electron chi connectivity index (χ2n) is 6.50. The van der Waals surface area contributed by atoms with E-state index >= 15 is 0 Å². The molecule has 2 aromatic rings. The largest absolute Gasteiger partial charge is 0.495 e. The SMILES string of the molecule is COC(=O)CCc1ccc(/C(OC)=C2\C(=O)N(C(C)=O)c3cc(Br)ccc32)cc1. The van der Waals surface area contributed by atoms with Crippen LogP contribution in [0.2, 0.25) is 0 Å². The second kappa shape index (κ2) is 8.61. The Labute approximate surface area is 177 Å². The average molecular weight is 458 g/mol. The predicted molar refractivity (Wildman–Crippen MR) is 113 cm³/mol. The van der Waals surface area contributed by atoms with Gasteiger partial charge in [0.2, 0.25) is 5.91 Å². The molecule has 0 spiro atoms. The Morgan fingerprint density at radius 2 is 1.72 bits per heavy atom. The van der Waals surface area contributed by atoms with Crippen molar-refractivity contribution in [2.24, 2.45) is 0 Å². The predicted octanol–water partition coefficient (Wildman–Crippen LogP) is 3.96. The molecule has 3 rings (SSSR count). The Bertz CT molecular complexity index is 1010. The molecule has 0 atom stereocenters. The number of rotatable bonds is 5. The van der Waals surface area contributed by atoms with Crippen molar-refractivity contribution in [3.05, 3.63) is 63.6 Å². The summed E-state index contributed by atoms with van der Waals surface area (Å²) in [6, 6.07) is 12.8. The number of aryl methyl sites for hydroxylation is 1. The van der Waals surface area contributed by atoms with E-state index in [1.165, 1.54) is 21.1 Å². The normalized spacial score (nSPS) is 14.5. The zero-order valence-corrected chi connectivity index (χ0v) is 17.9. The highest BCUT2D eigenvalue weighted by Crippen LogP contribution is 2.42. The van der Waals surface area contributed by atoms with E-state index in [9.17, 15) is 14.4 Å². The number of hydrogen-bond donors (Lipinski definition) is 0. The topological polar surface area (TPSA) is 72.9 Å². The number of nitrogens with zero attached hydrogens (tertiary/aromatic N) is 1. The van der Waals surface area contributed by atoms with Gasteiger partial charge in [-0.15, -0.1) is 0 Å². The van der Waals surface area contributed by atoms with E-state index in [4.69, 9.17) is 4.74 Å². The first-order valence-corrected chi connectivity index (χ1v) is 9.76. The van der Waals surface area contributed by atoms with E-state index in [-0.39, 0.29) is 11.9 Å². The molecule has 1 aliphatic rings. The Hall–Kier alpha value is -2.93. The number of methoxy groups -OCH3 is 2. The van der Waals surface area contributed by atoms with Crippen molar-refractivity contribution in [2.75, 3.05) is 19.1 Å². The van der Waals surface area contributed by atoms with Gasteiger partial charge >= 0.3 is 5.97 Å². The summed E-state index contributed by atoms with van der Waals surface area (Å²) in [5.41, 5.74) is 3.17. The summed E-state index contributed by atoms with van der Waals surface area (Å²) >= 11 is 3.39. The Balaban J connectivity index is 2.03. The molecular weight excluding hydrogens is 438 g/mol. The first kappa shape index (κ1) is 20.8. The molecule has 0 bridgehead atoms. The molecule has 0 unspecified atom stereocenters. The molecular formula is C22H20BrNO5. The van der Waals surface area contributed by atoms with Gasteiger partial charge in [-0.25, -0.2) is 4.90 Å². The van der Waals surface area contributed by atoms with Crippen molar-refractivity contribution in [3.8, 4) is 0 Å². The molecule has 150 valence electrons. The smallest absolute Gasteiger partial charge is 0.305 e. The van der Waals surface area contributed by atoms with Crippen LogP contribution in [0.5, 0.6) is 0 Å². The standard InChI is InChI=1S/C22H20BrNO5/c1-13(25)24-18-12-16(23)9-10-17(18)20(22(24)27)21(29-3)15-7-4-14(5-8-15)6-11-19(26)28-2/h4-5,7-10,12H,6,11H2,1-3H3/b21-20+. The zero-order chi connectivity index (χ0) is 21.1. The summed E-state index contributed by atoms with van der Waals surface area (Å²) in [6.45, 7) is 1.36. The molecule has 0 saturated carbocycles. The summed E-state index contributed by atoms with van der Waals surface area (Å²) < 4.78 is 11.0. The molecule has 1 heterocycles. The Kier molecular flexibility index (Phi) is 6.17. The van der Waals surface area contributed by atoms with Crippen LogP contribution < -0.4 is 4.90 Å². The van der Waals surface area contributed by atoms with Gasteiger partial charge in [0.1, 0.15) is 5.76 Å². The van der Waals surface area contributed by atoms with Crippen LogP contribution >= 0.6 is 15.9 Å². The van der Waals surface area contributed by atoms with Gasteiger partial charge < -0.3 is 9.47 Å². The maximum absolute atomic E-state index is 13.1. The molecule has 2 aromatic carbocycles. The van der Waals surface area contributed by atoms with Crippen LogP contribution in [0.25, 0.3) is 11.3 Å². The minimum atomic E-state index is -0.419. The van der Waals surface area contributed by atoms with Crippen molar-refractivity contribution < 1.29 is 23.9 Å². The lowest BCUT2D eigenvalue weighted by molar-refractivity contribution is -0.140. The number of fused-ring (bicyclic) bond motifs is 1. The molecule has 0 fully saturated rings. The third kappa shape index (κ3) is 4.10. The summed E-state index contributed by atoms with van der Waals surface area (Å²) in [5, 5.41) is 0. The van der Waals surface area contributed by atoms with Crippen molar-refractivity contribution in [1.82, 2.24) is 0 Å². The molecule has 1 aliphatic heterocycles. The summed E-state index contributed by atoms with van der Waals surface area (Å²) in [6.07, 6.45) is 0.849. The molecule has 2 amide bonds. The Morgan fingerprint density at radius 1 is 1.03 bits per heavy atom. The molecule has 0 N–H and O–H groups in total. The van der Waals surface area contributed by atoms with Gasteiger partial charge in [0.15, 0.2) is 0 Å². The summed E-state index contributed by atoms with van der Waals surface area (Å²) in [7, 11) is 2.86. The lowest BCUT2D eigenvalue weighted by atomic mass is 10.0. The highest BCUT2D eigenvalue weighted by Gasteiger charge is 2.38. The van der Waals surface area contributed by atoms with E-state index in [0.29, 0.717) is 41.0 Å². The van der Waals surface area contributed by atoms with E-state index in [1.807, 2.05) is 30.3 Å². The Morgan fingerprint density at radius 3 is 2.31 bits per heavy atom. The van der Waals surface area contributed by atoms with Crippen LogP contribution in [0.3, 0.4) is 0 Å². The highest BCUT2D eigenvalue weighted by atomic mass is 79.9. The number of esters is 1. The van der Waals surface area contributed by atoms with Crippen LogP contribution in [-0.2, 0) is 30.3 Å². The number of benzene rings is 2. The van der Waals surface area contributed by atoms with E-state index in [1.54, 1.807) is 12.1 Å². The maximum atomic E-state index is 13.1. The van der Waals surface area contributed by atoms with Crippen LogP contribution in [0.1, 0.15) is 30.0 Å². The van der Waals surface area contributed by atoms with Crippen molar-refractivity contribution in [2.45, 2.75) is 19.8 Å². The first-order valence-electron chi connectivity index (χ1n) is 8.96. The van der Waals surface area contributed by atoms with Gasteiger partial charge in [0.25, 0.3) is 5.91 Å². The van der Waals surface area contributed by atoms with Crippen molar-refractivity contribution in [3.63, 3.8) is 0 Å². The fraction of sp³-hybridized carbons (Fsp3) is 0.227. The third-order valence-corrected chi connectivity index (χ3v) is 5.19. The summed E-state index contributed by atoms with van der Waals surface area (Å²) in [4.78, 5) is 37.6. The minimum absolute atomic E-state index is 0.266. The van der Waals surface area contributed by atoms with Crippen molar-refractivity contribution in [1.29, 1.82) is 0 Å². The number of carbonyl (C=O) groups is 3. The number of hydrogen-bond acceptors (Lipinski definition) is 5. The van der Waals surface area contributed by atoms with Gasteiger partial charge in [-0.2, -0.15) is 0 Å². The molecule has 0 aromatic heterocycles. The zero-order valence-electron chi connectivity index (χ0n) is 16.3. The molecule has 0 radical (unpaired) electrons. The van der Waals surface area contributed by atoms with E-state index in [2.05, 4.69) is 20.7 Å². The van der Waals surface area contributed by atoms with Crippen LogP contribution in [-0.4, -0.2) is 32.0 Å². The first-order chi connectivity index (χ1) is 13.9. The molecule has 0 aliphatic carbocycles. The average Bonchev–Trinajstić information content (AvgIpc) is 2.99. The summed E-state index contributed by atoms with van der Waals surface area (Å²) in [5.74, 6) is -0.658. The number of amides is 2. The number of carbonyl (C=O) groups excluding carboxylic acids is 3.